The highest BCUT2D eigenvalue weighted by Crippen LogP contribution is 2.11. The fourth-order valence-electron chi connectivity index (χ4n) is 2.10. The van der Waals surface area contributed by atoms with Crippen LogP contribution < -0.4 is 10.2 Å². The summed E-state index contributed by atoms with van der Waals surface area (Å²) >= 11 is 0. The Morgan fingerprint density at radius 3 is 2.68 bits per heavy atom. The van der Waals surface area contributed by atoms with Crippen molar-refractivity contribution in [2.45, 2.75) is 12.5 Å². The van der Waals surface area contributed by atoms with Gasteiger partial charge in [0.25, 0.3) is 0 Å². The van der Waals surface area contributed by atoms with Crippen molar-refractivity contribution in [3.8, 4) is 5.75 Å². The van der Waals surface area contributed by atoms with Crippen LogP contribution in [-0.2, 0) is 4.74 Å². The van der Waals surface area contributed by atoms with Crippen LogP contribution in [0.15, 0.2) is 24.3 Å². The van der Waals surface area contributed by atoms with Gasteiger partial charge in [0.1, 0.15) is 12.4 Å². The van der Waals surface area contributed by atoms with Crippen LogP contribution in [0.4, 0.5) is 0 Å². The van der Waals surface area contributed by atoms with E-state index in [1.807, 2.05) is 0 Å². The van der Waals surface area contributed by atoms with Gasteiger partial charge in [0.15, 0.2) is 0 Å². The van der Waals surface area contributed by atoms with Gasteiger partial charge in [-0.25, -0.2) is 0 Å². The predicted molar refractivity (Wildman–Crippen MR) is 73.6 cm³/mol. The van der Waals surface area contributed by atoms with Crippen LogP contribution in [0.3, 0.4) is 0 Å². The molecule has 6 heteroatoms. The van der Waals surface area contributed by atoms with Crippen LogP contribution in [0, 0.1) is 0 Å². The van der Waals surface area contributed by atoms with Gasteiger partial charge in [-0.2, -0.15) is 0 Å². The summed E-state index contributed by atoms with van der Waals surface area (Å²) < 4.78 is 11.0. The maximum absolute atomic E-state index is 8.98. The highest BCUT2D eigenvalue weighted by atomic mass is 16.5. The molecule has 1 aromatic rings. The van der Waals surface area contributed by atoms with Gasteiger partial charge in [-0.05, 0) is 31.1 Å². The van der Waals surface area contributed by atoms with Crippen molar-refractivity contribution in [1.82, 2.24) is 4.90 Å². The van der Waals surface area contributed by atoms with Crippen molar-refractivity contribution in [3.63, 3.8) is 0 Å². The molecule has 2 rings (SSSR count). The van der Waals surface area contributed by atoms with Gasteiger partial charge < -0.3 is 19.5 Å². The zero-order valence-electron chi connectivity index (χ0n) is 11.2. The maximum Gasteiger partial charge on any atom is 0.488 e. The highest BCUT2D eigenvalue weighted by molar-refractivity contribution is 6.58. The van der Waals surface area contributed by atoms with Gasteiger partial charge in [0.05, 0.1) is 6.61 Å². The topological polar surface area (TPSA) is 62.2 Å². The fourth-order valence-corrected chi connectivity index (χ4v) is 2.10. The second-order valence-corrected chi connectivity index (χ2v) is 4.79. The molecule has 1 atom stereocenters. The van der Waals surface area contributed by atoms with Gasteiger partial charge in [-0.1, -0.05) is 12.1 Å². The lowest BCUT2D eigenvalue weighted by Crippen LogP contribution is -2.35. The first kappa shape index (κ1) is 14.3. The number of ether oxygens (including phenoxy) is 2. The monoisotopic (exact) mass is 265 g/mol. The Kier molecular flexibility index (Phi) is 5.21. The summed E-state index contributed by atoms with van der Waals surface area (Å²) in [4.78, 5) is 2.25. The number of benzene rings is 1. The minimum atomic E-state index is -1.43. The lowest BCUT2D eigenvalue weighted by atomic mass is 9.80. The Morgan fingerprint density at radius 1 is 1.37 bits per heavy atom. The van der Waals surface area contributed by atoms with Crippen LogP contribution >= 0.6 is 0 Å². The molecule has 0 aliphatic carbocycles. The Morgan fingerprint density at radius 2 is 2.11 bits per heavy atom. The molecule has 0 aromatic heterocycles. The van der Waals surface area contributed by atoms with Crippen LogP contribution in [0.5, 0.6) is 5.75 Å². The van der Waals surface area contributed by atoms with Crippen molar-refractivity contribution in [1.29, 1.82) is 0 Å². The third kappa shape index (κ3) is 4.21. The molecule has 1 unspecified atom stereocenters. The van der Waals surface area contributed by atoms with E-state index in [0.717, 1.165) is 31.9 Å². The third-order valence-electron chi connectivity index (χ3n) is 3.42. The van der Waals surface area contributed by atoms with Gasteiger partial charge in [0, 0.05) is 19.2 Å². The molecule has 104 valence electrons. The molecule has 0 amide bonds. The molecule has 19 heavy (non-hydrogen) atoms. The smallest absolute Gasteiger partial charge is 0.488 e. The Labute approximate surface area is 113 Å². The molecule has 2 N–H and O–H groups in total. The van der Waals surface area contributed by atoms with E-state index in [1.54, 1.807) is 24.3 Å². The molecule has 0 bridgehead atoms. The minimum absolute atomic E-state index is 0.465. The molecule has 1 aliphatic heterocycles. The summed E-state index contributed by atoms with van der Waals surface area (Å²) in [5.41, 5.74) is 0.465. The quantitative estimate of drug-likeness (QED) is 0.677. The van der Waals surface area contributed by atoms with Crippen molar-refractivity contribution in [3.05, 3.63) is 24.3 Å². The number of nitrogens with zero attached hydrogens (tertiary/aromatic N) is 1. The van der Waals surface area contributed by atoms with E-state index in [1.165, 1.54) is 0 Å². The van der Waals surface area contributed by atoms with Crippen molar-refractivity contribution in [2.24, 2.45) is 0 Å². The first-order chi connectivity index (χ1) is 9.16. The largest absolute Gasteiger partial charge is 0.492 e. The van der Waals surface area contributed by atoms with E-state index in [2.05, 4.69) is 11.9 Å². The molecular formula is C13H20BNO4. The Hall–Kier alpha value is -1.08. The molecule has 1 heterocycles. The summed E-state index contributed by atoms with van der Waals surface area (Å²) in [6.07, 6.45) is 1.08. The highest BCUT2D eigenvalue weighted by Gasteiger charge is 2.19. The minimum Gasteiger partial charge on any atom is -0.492 e. The molecule has 0 saturated carbocycles. The van der Waals surface area contributed by atoms with E-state index < -0.39 is 7.12 Å². The van der Waals surface area contributed by atoms with Gasteiger partial charge >= 0.3 is 7.12 Å². The van der Waals surface area contributed by atoms with Crippen molar-refractivity contribution < 1.29 is 19.5 Å². The zero-order chi connectivity index (χ0) is 13.7. The van der Waals surface area contributed by atoms with Crippen molar-refractivity contribution in [2.75, 3.05) is 33.4 Å². The van der Waals surface area contributed by atoms with Crippen LogP contribution in [0.1, 0.15) is 6.42 Å². The van der Waals surface area contributed by atoms with E-state index in [4.69, 9.17) is 19.5 Å². The van der Waals surface area contributed by atoms with Gasteiger partial charge in [0.2, 0.25) is 0 Å². The molecule has 1 saturated heterocycles. The summed E-state index contributed by atoms with van der Waals surface area (Å²) in [5, 5.41) is 18.0. The first-order valence-corrected chi connectivity index (χ1v) is 6.53. The number of hydrogen-bond acceptors (Lipinski definition) is 5. The van der Waals surface area contributed by atoms with E-state index in [0.29, 0.717) is 18.1 Å². The summed E-state index contributed by atoms with van der Waals surface area (Å²) in [7, 11) is 0.649. The second-order valence-electron chi connectivity index (χ2n) is 4.79. The van der Waals surface area contributed by atoms with Gasteiger partial charge in [-0.3, -0.25) is 4.90 Å². The second kappa shape index (κ2) is 6.91. The average molecular weight is 265 g/mol. The first-order valence-electron chi connectivity index (χ1n) is 6.53. The lowest BCUT2D eigenvalue weighted by Gasteiger charge is -2.22. The van der Waals surface area contributed by atoms with E-state index >= 15 is 0 Å². The van der Waals surface area contributed by atoms with Crippen LogP contribution in [0.25, 0.3) is 0 Å². The number of likely N-dealkylation sites (N-methyl/N-ethyl adjacent to an activating group) is 1. The standard InChI is InChI=1S/C13H20BNO4/c1-15(12-6-8-18-10-12)7-9-19-13-4-2-11(3-5-13)14(16)17/h2-5,12,16-17H,6-10H2,1H3. The number of hydrogen-bond donors (Lipinski definition) is 2. The maximum atomic E-state index is 8.98. The summed E-state index contributed by atoms with van der Waals surface area (Å²) in [6.45, 7) is 3.10. The third-order valence-corrected chi connectivity index (χ3v) is 3.42. The summed E-state index contributed by atoms with van der Waals surface area (Å²) in [6, 6.07) is 7.28. The van der Waals surface area contributed by atoms with Crippen molar-refractivity contribution >= 4 is 12.6 Å². The molecule has 1 aliphatic rings. The lowest BCUT2D eigenvalue weighted by molar-refractivity contribution is 0.147. The molecule has 0 spiro atoms. The van der Waals surface area contributed by atoms with Gasteiger partial charge in [-0.15, -0.1) is 0 Å². The fraction of sp³-hybridized carbons (Fsp3) is 0.538. The number of rotatable bonds is 6. The van der Waals surface area contributed by atoms with E-state index in [9.17, 15) is 0 Å². The van der Waals surface area contributed by atoms with Crippen LogP contribution in [-0.4, -0.2) is 61.5 Å². The Balaban J connectivity index is 1.72. The zero-order valence-corrected chi connectivity index (χ0v) is 11.2. The summed E-state index contributed by atoms with van der Waals surface area (Å²) in [5.74, 6) is 0.737. The molecule has 1 fully saturated rings. The Bertz CT molecular complexity index is 379. The normalized spacial score (nSPS) is 18.8. The molecule has 0 radical (unpaired) electrons. The molecule has 5 nitrogen and oxygen atoms in total. The predicted octanol–water partition coefficient (Wildman–Crippen LogP) is -0.534. The molecule has 1 aromatic carbocycles. The molecular weight excluding hydrogens is 245 g/mol. The average Bonchev–Trinajstić information content (AvgIpc) is 2.93. The van der Waals surface area contributed by atoms with Crippen LogP contribution in [0.2, 0.25) is 0 Å². The van der Waals surface area contributed by atoms with E-state index in [-0.39, 0.29) is 0 Å². The SMILES string of the molecule is CN(CCOc1ccc(B(O)O)cc1)C1CCOC1.